The van der Waals surface area contributed by atoms with Crippen molar-refractivity contribution >= 4 is 40.8 Å². The summed E-state index contributed by atoms with van der Waals surface area (Å²) in [4.78, 5) is 22.1. The Morgan fingerprint density at radius 2 is 2.09 bits per heavy atom. The van der Waals surface area contributed by atoms with E-state index in [-0.39, 0.29) is 11.7 Å². The van der Waals surface area contributed by atoms with Crippen molar-refractivity contribution in [3.05, 3.63) is 45.6 Å². The molecule has 2 aromatic rings. The van der Waals surface area contributed by atoms with Crippen molar-refractivity contribution in [2.75, 3.05) is 23.7 Å². The highest BCUT2D eigenvalue weighted by molar-refractivity contribution is 6.35. The van der Waals surface area contributed by atoms with Gasteiger partial charge in [0.1, 0.15) is 5.82 Å². The quantitative estimate of drug-likeness (QED) is 0.920. The number of piperidine rings is 1. The first kappa shape index (κ1) is 16.0. The van der Waals surface area contributed by atoms with Gasteiger partial charge in [0, 0.05) is 41.2 Å². The summed E-state index contributed by atoms with van der Waals surface area (Å²) >= 11 is 12.2. The van der Waals surface area contributed by atoms with Crippen molar-refractivity contribution in [3.63, 3.8) is 0 Å². The number of rotatable bonds is 3. The normalized spacial score (nSPS) is 15.0. The van der Waals surface area contributed by atoms with Crippen LogP contribution in [0.2, 0.25) is 10.0 Å². The molecule has 0 aliphatic carbocycles. The highest BCUT2D eigenvalue weighted by Crippen LogP contribution is 2.28. The van der Waals surface area contributed by atoms with E-state index in [2.05, 4.69) is 9.97 Å². The Morgan fingerprint density at radius 3 is 2.83 bits per heavy atom. The first-order valence-corrected chi connectivity index (χ1v) is 8.10. The van der Waals surface area contributed by atoms with E-state index in [1.54, 1.807) is 18.3 Å². The molecule has 0 bridgehead atoms. The van der Waals surface area contributed by atoms with E-state index in [1.807, 2.05) is 11.0 Å². The minimum absolute atomic E-state index is 0.198. The molecule has 1 saturated heterocycles. The van der Waals surface area contributed by atoms with Crippen LogP contribution in [0.1, 0.15) is 24.0 Å². The lowest BCUT2D eigenvalue weighted by Gasteiger charge is -2.28. The Labute approximate surface area is 144 Å². The predicted molar refractivity (Wildman–Crippen MR) is 92.2 cm³/mol. The zero-order chi connectivity index (χ0) is 16.4. The molecule has 0 amide bonds. The third-order valence-corrected chi connectivity index (χ3v) is 4.39. The molecule has 2 N–H and O–H groups in total. The Balaban J connectivity index is 1.94. The molecule has 2 heterocycles. The number of carbonyl (C=O) groups excluding carboxylic acids is 1. The molecule has 1 aromatic heterocycles. The topological polar surface area (TPSA) is 72.1 Å². The number of nitrogen functional groups attached to an aromatic ring is 1. The number of hydrogen-bond acceptors (Lipinski definition) is 5. The minimum Gasteiger partial charge on any atom is -0.368 e. The molecule has 7 heteroatoms. The first-order chi connectivity index (χ1) is 11.0. The fraction of sp³-hybridized carbons (Fsp3) is 0.312. The summed E-state index contributed by atoms with van der Waals surface area (Å²) < 4.78 is 0. The van der Waals surface area contributed by atoms with Crippen LogP contribution in [-0.2, 0) is 11.2 Å². The summed E-state index contributed by atoms with van der Waals surface area (Å²) in [5, 5.41) is 1.18. The third-order valence-electron chi connectivity index (χ3n) is 3.81. The number of aromatic nitrogens is 2. The maximum absolute atomic E-state index is 11.7. The van der Waals surface area contributed by atoms with Gasteiger partial charge in [-0.2, -0.15) is 4.98 Å². The number of benzene rings is 1. The van der Waals surface area contributed by atoms with Gasteiger partial charge >= 0.3 is 0 Å². The Bertz CT molecular complexity index is 751. The maximum atomic E-state index is 11.7. The third kappa shape index (κ3) is 3.74. The van der Waals surface area contributed by atoms with Gasteiger partial charge in [0.15, 0.2) is 5.78 Å². The van der Waals surface area contributed by atoms with Gasteiger partial charge in [-0.05, 0) is 24.1 Å². The summed E-state index contributed by atoms with van der Waals surface area (Å²) in [7, 11) is 0. The molecule has 5 nitrogen and oxygen atoms in total. The number of hydrogen-bond donors (Lipinski definition) is 1. The minimum atomic E-state index is 0.198. The lowest BCUT2D eigenvalue weighted by molar-refractivity contribution is -0.118. The molecular weight excluding hydrogens is 335 g/mol. The average Bonchev–Trinajstić information content (AvgIpc) is 2.51. The van der Waals surface area contributed by atoms with Gasteiger partial charge < -0.3 is 10.6 Å². The number of nitrogens with zero attached hydrogens (tertiary/aromatic N) is 3. The van der Waals surface area contributed by atoms with Crippen LogP contribution in [0, 0.1) is 0 Å². The van der Waals surface area contributed by atoms with E-state index in [0.717, 1.165) is 24.1 Å². The SMILES string of the molecule is Nc1ncc(Cc2ccc(Cl)cc2Cl)c(N2CCCC(=O)C2)n1. The molecule has 0 saturated carbocycles. The van der Waals surface area contributed by atoms with E-state index < -0.39 is 0 Å². The molecule has 0 spiro atoms. The smallest absolute Gasteiger partial charge is 0.221 e. The van der Waals surface area contributed by atoms with E-state index >= 15 is 0 Å². The largest absolute Gasteiger partial charge is 0.368 e. The van der Waals surface area contributed by atoms with Crippen LogP contribution in [0.4, 0.5) is 11.8 Å². The predicted octanol–water partition coefficient (Wildman–Crippen LogP) is 3.13. The molecule has 1 aliphatic heterocycles. The highest BCUT2D eigenvalue weighted by atomic mass is 35.5. The van der Waals surface area contributed by atoms with Crippen LogP contribution in [0.5, 0.6) is 0 Å². The lowest BCUT2D eigenvalue weighted by Crippen LogP contribution is -2.37. The second kappa shape index (κ2) is 6.72. The molecule has 0 unspecified atom stereocenters. The summed E-state index contributed by atoms with van der Waals surface area (Å²) in [5.41, 5.74) is 7.55. The van der Waals surface area contributed by atoms with Gasteiger partial charge in [-0.3, -0.25) is 4.79 Å². The fourth-order valence-electron chi connectivity index (χ4n) is 2.70. The number of carbonyl (C=O) groups is 1. The highest BCUT2D eigenvalue weighted by Gasteiger charge is 2.21. The number of Topliss-reactive ketones (excluding diaryl/α,β-unsaturated/α-hetero) is 1. The van der Waals surface area contributed by atoms with Gasteiger partial charge in [-0.1, -0.05) is 29.3 Å². The fourth-order valence-corrected chi connectivity index (χ4v) is 3.17. The van der Waals surface area contributed by atoms with Gasteiger partial charge in [0.05, 0.1) is 6.54 Å². The molecular formula is C16H16Cl2N4O. The van der Waals surface area contributed by atoms with Crippen LogP contribution in [0.15, 0.2) is 24.4 Å². The van der Waals surface area contributed by atoms with Crippen molar-refractivity contribution < 1.29 is 4.79 Å². The van der Waals surface area contributed by atoms with Crippen molar-refractivity contribution in [3.8, 4) is 0 Å². The van der Waals surface area contributed by atoms with Crippen LogP contribution in [0.3, 0.4) is 0 Å². The number of halogens is 2. The van der Waals surface area contributed by atoms with Crippen LogP contribution in [-0.4, -0.2) is 28.8 Å². The number of nitrogens with two attached hydrogens (primary N) is 1. The van der Waals surface area contributed by atoms with E-state index in [1.165, 1.54) is 0 Å². The molecule has 1 fully saturated rings. The summed E-state index contributed by atoms with van der Waals surface area (Å²) in [6.45, 7) is 1.14. The standard InChI is InChI=1S/C16H16Cl2N4O/c17-12-4-3-10(14(18)7-12)6-11-8-20-16(19)21-15(11)22-5-1-2-13(23)9-22/h3-4,7-8H,1-2,5-6,9H2,(H2,19,20,21). The van der Waals surface area contributed by atoms with Crippen molar-refractivity contribution in [1.82, 2.24) is 9.97 Å². The Kier molecular flexibility index (Phi) is 4.68. The van der Waals surface area contributed by atoms with E-state index in [9.17, 15) is 4.79 Å². The molecule has 0 atom stereocenters. The van der Waals surface area contributed by atoms with Gasteiger partial charge in [-0.15, -0.1) is 0 Å². The van der Waals surface area contributed by atoms with Crippen LogP contribution < -0.4 is 10.6 Å². The van der Waals surface area contributed by atoms with Crippen LogP contribution >= 0.6 is 23.2 Å². The average molecular weight is 351 g/mol. The van der Waals surface area contributed by atoms with E-state index in [4.69, 9.17) is 28.9 Å². The first-order valence-electron chi connectivity index (χ1n) is 7.35. The second-order valence-corrected chi connectivity index (χ2v) is 6.40. The molecule has 1 aromatic carbocycles. The Hall–Kier alpha value is -1.85. The van der Waals surface area contributed by atoms with Crippen molar-refractivity contribution in [2.45, 2.75) is 19.3 Å². The number of anilines is 2. The molecule has 0 radical (unpaired) electrons. The molecule has 1 aliphatic rings. The van der Waals surface area contributed by atoms with E-state index in [0.29, 0.717) is 35.2 Å². The summed E-state index contributed by atoms with van der Waals surface area (Å²) in [5.74, 6) is 1.12. The van der Waals surface area contributed by atoms with Gasteiger partial charge in [0.2, 0.25) is 5.95 Å². The second-order valence-electron chi connectivity index (χ2n) is 5.55. The maximum Gasteiger partial charge on any atom is 0.221 e. The summed E-state index contributed by atoms with van der Waals surface area (Å²) in [6.07, 6.45) is 3.69. The molecule has 23 heavy (non-hydrogen) atoms. The molecule has 120 valence electrons. The van der Waals surface area contributed by atoms with Crippen LogP contribution in [0.25, 0.3) is 0 Å². The number of ketones is 1. The molecule has 3 rings (SSSR count). The monoisotopic (exact) mass is 350 g/mol. The van der Waals surface area contributed by atoms with Gasteiger partial charge in [-0.25, -0.2) is 4.98 Å². The lowest BCUT2D eigenvalue weighted by atomic mass is 10.0. The zero-order valence-corrected chi connectivity index (χ0v) is 13.9. The van der Waals surface area contributed by atoms with Crippen molar-refractivity contribution in [1.29, 1.82) is 0 Å². The van der Waals surface area contributed by atoms with Crippen molar-refractivity contribution in [2.24, 2.45) is 0 Å². The van der Waals surface area contributed by atoms with Gasteiger partial charge in [0.25, 0.3) is 0 Å². The zero-order valence-electron chi connectivity index (χ0n) is 12.4. The Morgan fingerprint density at radius 1 is 1.26 bits per heavy atom. The summed E-state index contributed by atoms with van der Waals surface area (Å²) in [6, 6.07) is 5.39.